The number of pyridine rings is 1. The molecule has 0 radical (unpaired) electrons. The molecule has 0 aliphatic carbocycles. The zero-order valence-electron chi connectivity index (χ0n) is 14.0. The van der Waals surface area contributed by atoms with Gasteiger partial charge in [0.25, 0.3) is 0 Å². The highest BCUT2D eigenvalue weighted by Gasteiger charge is 2.38. The zero-order chi connectivity index (χ0) is 16.5. The summed E-state index contributed by atoms with van der Waals surface area (Å²) < 4.78 is 7.16. The molecule has 0 amide bonds. The quantitative estimate of drug-likeness (QED) is 0.650. The smallest absolute Gasteiger partial charge is 0.192 e. The number of halogens is 2. The molecule has 3 nitrogen and oxygen atoms in total. The first-order chi connectivity index (χ1) is 9.34. The number of anilines is 1. The van der Waals surface area contributed by atoms with E-state index in [0.717, 1.165) is 10.3 Å². The van der Waals surface area contributed by atoms with Gasteiger partial charge in [-0.15, -0.1) is 0 Å². The van der Waals surface area contributed by atoms with E-state index in [2.05, 4.69) is 73.9 Å². The topological polar surface area (TPSA) is 34.1 Å². The Morgan fingerprint density at radius 1 is 1.29 bits per heavy atom. The van der Waals surface area contributed by atoms with Crippen molar-refractivity contribution in [3.63, 3.8) is 0 Å². The van der Waals surface area contributed by atoms with Gasteiger partial charge in [-0.1, -0.05) is 32.4 Å². The van der Waals surface area contributed by atoms with Gasteiger partial charge in [0.15, 0.2) is 8.32 Å². The van der Waals surface area contributed by atoms with Crippen LogP contribution in [0.2, 0.25) is 23.2 Å². The number of hydrogen-bond acceptors (Lipinski definition) is 3. The van der Waals surface area contributed by atoms with Crippen molar-refractivity contribution >= 4 is 41.7 Å². The minimum atomic E-state index is -1.75. The number of rotatable bonds is 5. The van der Waals surface area contributed by atoms with Gasteiger partial charge >= 0.3 is 0 Å². The highest BCUT2D eigenvalue weighted by Crippen LogP contribution is 2.37. The van der Waals surface area contributed by atoms with Gasteiger partial charge in [0.1, 0.15) is 5.82 Å². The number of nitrogens with zero attached hydrogens (tertiary/aromatic N) is 1. The van der Waals surface area contributed by atoms with Gasteiger partial charge in [0.2, 0.25) is 0 Å². The van der Waals surface area contributed by atoms with E-state index in [9.17, 15) is 0 Å². The second kappa shape index (κ2) is 6.57. The maximum absolute atomic E-state index is 6.30. The molecule has 1 rings (SSSR count). The van der Waals surface area contributed by atoms with E-state index in [4.69, 9.17) is 16.0 Å². The third-order valence-electron chi connectivity index (χ3n) is 3.86. The Morgan fingerprint density at radius 2 is 1.86 bits per heavy atom. The first-order valence-electron chi connectivity index (χ1n) is 7.07. The molecule has 1 heterocycles. The SMILES string of the molecule is CC(C)(CO[Si](C)(C)C(C)(C)C)Nc1ncc(Cl)cc1Br. The lowest BCUT2D eigenvalue weighted by atomic mass is 10.1. The molecule has 0 aromatic carbocycles. The van der Waals surface area contributed by atoms with Gasteiger partial charge in [0, 0.05) is 6.20 Å². The van der Waals surface area contributed by atoms with Crippen LogP contribution in [-0.2, 0) is 4.43 Å². The van der Waals surface area contributed by atoms with Crippen LogP contribution in [0.1, 0.15) is 34.6 Å². The summed E-state index contributed by atoms with van der Waals surface area (Å²) in [4.78, 5) is 4.32. The molecule has 0 spiro atoms. The molecular formula is C15H26BrClN2OSi. The minimum absolute atomic E-state index is 0.209. The maximum Gasteiger partial charge on any atom is 0.192 e. The number of nitrogens with one attached hydrogen (secondary N) is 1. The van der Waals surface area contributed by atoms with E-state index in [0.29, 0.717) is 11.6 Å². The van der Waals surface area contributed by atoms with Crippen LogP contribution in [0.4, 0.5) is 5.82 Å². The molecule has 0 saturated carbocycles. The Labute approximate surface area is 143 Å². The highest BCUT2D eigenvalue weighted by atomic mass is 79.9. The van der Waals surface area contributed by atoms with Gasteiger partial charge in [-0.25, -0.2) is 4.98 Å². The van der Waals surface area contributed by atoms with Crippen LogP contribution in [0.25, 0.3) is 0 Å². The molecule has 0 bridgehead atoms. The fourth-order valence-corrected chi connectivity index (χ4v) is 3.33. The molecule has 0 fully saturated rings. The van der Waals surface area contributed by atoms with Crippen molar-refractivity contribution in [2.45, 2.75) is 58.3 Å². The largest absolute Gasteiger partial charge is 0.414 e. The van der Waals surface area contributed by atoms with E-state index in [1.807, 2.05) is 6.07 Å². The molecule has 6 heteroatoms. The van der Waals surface area contributed by atoms with Crippen molar-refractivity contribution in [3.8, 4) is 0 Å². The Hall–Kier alpha value is -0.103. The standard InChI is InChI=1S/C15H26BrClN2OSi/c1-14(2,3)21(6,7)20-10-15(4,5)19-13-12(16)8-11(17)9-18-13/h8-9H,10H2,1-7H3,(H,18,19). The van der Waals surface area contributed by atoms with Crippen LogP contribution < -0.4 is 5.32 Å². The summed E-state index contributed by atoms with van der Waals surface area (Å²) >= 11 is 9.40. The van der Waals surface area contributed by atoms with Crippen molar-refractivity contribution in [2.75, 3.05) is 11.9 Å². The lowest BCUT2D eigenvalue weighted by Gasteiger charge is -2.39. The third-order valence-corrected chi connectivity index (χ3v) is 9.15. The average Bonchev–Trinajstić information content (AvgIpc) is 2.29. The summed E-state index contributed by atoms with van der Waals surface area (Å²) in [5.74, 6) is 0.781. The van der Waals surface area contributed by atoms with Crippen LogP contribution >= 0.6 is 27.5 Å². The maximum atomic E-state index is 6.30. The van der Waals surface area contributed by atoms with E-state index < -0.39 is 8.32 Å². The molecule has 120 valence electrons. The summed E-state index contributed by atoms with van der Waals surface area (Å²) in [6.07, 6.45) is 1.64. The molecule has 0 aliphatic heterocycles. The zero-order valence-corrected chi connectivity index (χ0v) is 17.3. The molecule has 0 unspecified atom stereocenters. The monoisotopic (exact) mass is 392 g/mol. The Bertz CT molecular complexity index is 501. The summed E-state index contributed by atoms with van der Waals surface area (Å²) in [5, 5.41) is 4.24. The second-order valence-electron chi connectivity index (χ2n) is 7.54. The number of aromatic nitrogens is 1. The van der Waals surface area contributed by atoms with Crippen LogP contribution in [0, 0.1) is 0 Å². The van der Waals surface area contributed by atoms with Crippen molar-refractivity contribution in [1.82, 2.24) is 4.98 Å². The molecule has 0 aliphatic rings. The normalized spacial score (nSPS) is 13.4. The third kappa shape index (κ3) is 5.55. The highest BCUT2D eigenvalue weighted by molar-refractivity contribution is 9.10. The molecule has 1 aromatic rings. The van der Waals surface area contributed by atoms with Crippen LogP contribution in [-0.4, -0.2) is 25.4 Å². The van der Waals surface area contributed by atoms with Crippen molar-refractivity contribution in [3.05, 3.63) is 21.8 Å². The Balaban J connectivity index is 2.74. The first kappa shape index (κ1) is 18.9. The van der Waals surface area contributed by atoms with Crippen molar-refractivity contribution in [1.29, 1.82) is 0 Å². The van der Waals surface area contributed by atoms with Crippen LogP contribution in [0.3, 0.4) is 0 Å². The lowest BCUT2D eigenvalue weighted by molar-refractivity contribution is 0.234. The molecule has 1 N–H and O–H groups in total. The van der Waals surface area contributed by atoms with E-state index in [1.165, 1.54) is 0 Å². The second-order valence-corrected chi connectivity index (χ2v) is 13.6. The van der Waals surface area contributed by atoms with Gasteiger partial charge < -0.3 is 9.74 Å². The molecule has 0 atom stereocenters. The van der Waals surface area contributed by atoms with Crippen LogP contribution in [0.5, 0.6) is 0 Å². The predicted molar refractivity (Wildman–Crippen MR) is 97.8 cm³/mol. The molecular weight excluding hydrogens is 368 g/mol. The summed E-state index contributed by atoms with van der Waals surface area (Å²) in [5.41, 5.74) is -0.209. The van der Waals surface area contributed by atoms with Gasteiger partial charge in [0.05, 0.1) is 21.6 Å². The Kier molecular flexibility index (Phi) is 5.92. The van der Waals surface area contributed by atoms with Gasteiger partial charge in [-0.3, -0.25) is 0 Å². The summed E-state index contributed by atoms with van der Waals surface area (Å²) in [7, 11) is -1.75. The van der Waals surface area contributed by atoms with E-state index in [-0.39, 0.29) is 10.6 Å². The Morgan fingerprint density at radius 3 is 2.33 bits per heavy atom. The minimum Gasteiger partial charge on any atom is -0.414 e. The van der Waals surface area contributed by atoms with E-state index >= 15 is 0 Å². The lowest BCUT2D eigenvalue weighted by Crippen LogP contribution is -2.47. The molecule has 0 saturated heterocycles. The summed E-state index contributed by atoms with van der Waals surface area (Å²) in [6.45, 7) is 16.1. The van der Waals surface area contributed by atoms with Crippen molar-refractivity contribution in [2.24, 2.45) is 0 Å². The predicted octanol–water partition coefficient (Wildman–Crippen LogP) is 5.71. The van der Waals surface area contributed by atoms with Gasteiger partial charge in [-0.2, -0.15) is 0 Å². The van der Waals surface area contributed by atoms with E-state index in [1.54, 1.807) is 6.20 Å². The molecule has 1 aromatic heterocycles. The summed E-state index contributed by atoms with van der Waals surface area (Å²) in [6, 6.07) is 1.83. The average molecular weight is 394 g/mol. The van der Waals surface area contributed by atoms with Crippen LogP contribution in [0.15, 0.2) is 16.7 Å². The fraction of sp³-hybridized carbons (Fsp3) is 0.667. The van der Waals surface area contributed by atoms with Gasteiger partial charge in [-0.05, 0) is 54.0 Å². The number of hydrogen-bond donors (Lipinski definition) is 1. The molecule has 21 heavy (non-hydrogen) atoms. The van der Waals surface area contributed by atoms with Crippen molar-refractivity contribution < 1.29 is 4.43 Å². The fourth-order valence-electron chi connectivity index (χ4n) is 1.44. The first-order valence-corrected chi connectivity index (χ1v) is 11.2.